The van der Waals surface area contributed by atoms with Crippen molar-refractivity contribution in [2.24, 2.45) is 0 Å². The number of nitrogens with zero attached hydrogens (tertiary/aromatic N) is 2. The number of nitro benzene ring substituents is 1. The summed E-state index contributed by atoms with van der Waals surface area (Å²) < 4.78 is 25.3. The van der Waals surface area contributed by atoms with Gasteiger partial charge in [-0.3, -0.25) is 10.1 Å². The highest BCUT2D eigenvalue weighted by molar-refractivity contribution is 7.95. The van der Waals surface area contributed by atoms with Crippen molar-refractivity contribution < 1.29 is 13.3 Å². The summed E-state index contributed by atoms with van der Waals surface area (Å²) in [6, 6.07) is 8.81. The predicted octanol–water partition coefficient (Wildman–Crippen LogP) is 4.89. The van der Waals surface area contributed by atoms with E-state index >= 15 is 0 Å². The molecule has 0 aliphatic carbocycles. The fourth-order valence-corrected chi connectivity index (χ4v) is 3.95. The van der Waals surface area contributed by atoms with Crippen LogP contribution < -0.4 is 0 Å². The van der Waals surface area contributed by atoms with Gasteiger partial charge in [0.05, 0.1) is 14.8 Å². The molecule has 0 fully saturated rings. The van der Waals surface area contributed by atoms with E-state index < -0.39 is 19.7 Å². The van der Waals surface area contributed by atoms with E-state index in [4.69, 9.17) is 34.8 Å². The Kier molecular flexibility index (Phi) is 5.70. The van der Waals surface area contributed by atoms with Gasteiger partial charge in [-0.2, -0.15) is 5.26 Å². The lowest BCUT2D eigenvalue weighted by Gasteiger charge is -2.06. The molecule has 0 heterocycles. The average Bonchev–Trinajstić information content (AvgIpc) is 2.55. The second-order valence-corrected chi connectivity index (χ2v) is 7.80. The average molecular weight is 418 g/mol. The van der Waals surface area contributed by atoms with Crippen molar-refractivity contribution in [1.29, 1.82) is 5.26 Å². The molecule has 6 nitrogen and oxygen atoms in total. The highest BCUT2D eigenvalue weighted by Gasteiger charge is 2.25. The third-order valence-corrected chi connectivity index (χ3v) is 5.79. The molecule has 0 aromatic heterocycles. The maximum atomic E-state index is 12.7. The van der Waals surface area contributed by atoms with Crippen LogP contribution in [-0.2, 0) is 9.84 Å². The normalized spacial score (nSPS) is 11.8. The number of allylic oxidation sites excluding steroid dienone is 1. The fourth-order valence-electron chi connectivity index (χ4n) is 1.87. The van der Waals surface area contributed by atoms with Gasteiger partial charge >= 0.3 is 0 Å². The molecule has 0 amide bonds. The van der Waals surface area contributed by atoms with Gasteiger partial charge < -0.3 is 0 Å². The third kappa shape index (κ3) is 4.11. The highest BCUT2D eigenvalue weighted by atomic mass is 35.5. The molecule has 0 atom stereocenters. The molecule has 0 N–H and O–H groups in total. The van der Waals surface area contributed by atoms with Crippen LogP contribution in [0.15, 0.2) is 46.2 Å². The van der Waals surface area contributed by atoms with Gasteiger partial charge in [-0.25, -0.2) is 8.42 Å². The van der Waals surface area contributed by atoms with Gasteiger partial charge in [0.15, 0.2) is 0 Å². The smallest absolute Gasteiger partial charge is 0.258 e. The Morgan fingerprint density at radius 2 is 1.76 bits per heavy atom. The standard InChI is InChI=1S/C15H7Cl3N2O4S/c16-10-1-3-14(18)15(7-10)25(23,24)12(8-19)6-9-5-11(20(21)22)2-4-13(9)17/h1-7H/b12-6-. The molecule has 0 aliphatic rings. The fraction of sp³-hybridized carbons (Fsp3) is 0. The number of benzene rings is 2. The summed E-state index contributed by atoms with van der Waals surface area (Å²) in [4.78, 5) is 9.15. The Morgan fingerprint density at radius 1 is 1.12 bits per heavy atom. The van der Waals surface area contributed by atoms with Crippen molar-refractivity contribution in [2.75, 3.05) is 0 Å². The van der Waals surface area contributed by atoms with Crippen molar-refractivity contribution >= 4 is 56.4 Å². The van der Waals surface area contributed by atoms with Crippen LogP contribution in [0.1, 0.15) is 5.56 Å². The molecule has 0 spiro atoms. The van der Waals surface area contributed by atoms with Crippen LogP contribution >= 0.6 is 34.8 Å². The first kappa shape index (κ1) is 19.2. The van der Waals surface area contributed by atoms with Crippen LogP contribution in [0, 0.1) is 21.4 Å². The summed E-state index contributed by atoms with van der Waals surface area (Å²) in [5.74, 6) is 0. The molecule has 0 radical (unpaired) electrons. The van der Waals surface area contributed by atoms with E-state index in [-0.39, 0.29) is 31.2 Å². The second kappa shape index (κ2) is 7.42. The SMILES string of the molecule is N#C/C(=C/c1cc([N+](=O)[O-])ccc1Cl)S(=O)(=O)c1cc(Cl)ccc1Cl. The van der Waals surface area contributed by atoms with Crippen molar-refractivity contribution in [3.05, 3.63) is 72.0 Å². The van der Waals surface area contributed by atoms with E-state index in [0.29, 0.717) is 0 Å². The summed E-state index contributed by atoms with van der Waals surface area (Å²) in [7, 11) is -4.30. The molecule has 0 unspecified atom stereocenters. The monoisotopic (exact) mass is 416 g/mol. The molecule has 10 heteroatoms. The summed E-state index contributed by atoms with van der Waals surface area (Å²) in [6.45, 7) is 0. The minimum absolute atomic E-state index is 0.00846. The van der Waals surface area contributed by atoms with E-state index in [1.165, 1.54) is 18.2 Å². The molecule has 0 saturated heterocycles. The molecular weight excluding hydrogens is 411 g/mol. The van der Waals surface area contributed by atoms with E-state index in [1.54, 1.807) is 6.07 Å². The van der Waals surface area contributed by atoms with E-state index in [0.717, 1.165) is 24.3 Å². The molecule has 0 saturated carbocycles. The summed E-state index contributed by atoms with van der Waals surface area (Å²) in [6.07, 6.45) is 0.946. The Hall–Kier alpha value is -2.11. The zero-order chi connectivity index (χ0) is 18.8. The van der Waals surface area contributed by atoms with Crippen LogP contribution in [0.2, 0.25) is 15.1 Å². The lowest BCUT2D eigenvalue weighted by molar-refractivity contribution is -0.384. The molecule has 128 valence electrons. The predicted molar refractivity (Wildman–Crippen MR) is 95.3 cm³/mol. The Labute approximate surface area is 157 Å². The molecule has 2 aromatic rings. The molecule has 2 rings (SSSR count). The van der Waals surface area contributed by atoms with Crippen LogP contribution in [0.3, 0.4) is 0 Å². The zero-order valence-corrected chi connectivity index (χ0v) is 15.2. The largest absolute Gasteiger partial charge is 0.270 e. The maximum Gasteiger partial charge on any atom is 0.270 e. The van der Waals surface area contributed by atoms with Crippen LogP contribution in [-0.4, -0.2) is 13.3 Å². The van der Waals surface area contributed by atoms with Gasteiger partial charge in [0.1, 0.15) is 11.0 Å². The van der Waals surface area contributed by atoms with Gasteiger partial charge in [0, 0.05) is 27.7 Å². The highest BCUT2D eigenvalue weighted by Crippen LogP contribution is 2.31. The third-order valence-electron chi connectivity index (χ3n) is 3.06. The number of rotatable bonds is 4. The molecule has 0 bridgehead atoms. The Bertz CT molecular complexity index is 1040. The number of nitro groups is 1. The second-order valence-electron chi connectivity index (χ2n) is 4.66. The van der Waals surface area contributed by atoms with E-state index in [2.05, 4.69) is 0 Å². The summed E-state index contributed by atoms with van der Waals surface area (Å²) in [5.41, 5.74) is -0.291. The minimum atomic E-state index is -4.30. The van der Waals surface area contributed by atoms with Crippen LogP contribution in [0.4, 0.5) is 5.69 Å². The molecule has 0 aliphatic heterocycles. The van der Waals surface area contributed by atoms with Gasteiger partial charge in [0.2, 0.25) is 9.84 Å². The van der Waals surface area contributed by atoms with E-state index in [9.17, 15) is 23.8 Å². The first-order valence-corrected chi connectivity index (χ1v) is 9.04. The number of halogens is 3. The lowest BCUT2D eigenvalue weighted by Crippen LogP contribution is -2.04. The Morgan fingerprint density at radius 3 is 2.36 bits per heavy atom. The summed E-state index contributed by atoms with van der Waals surface area (Å²) in [5, 5.41) is 20.2. The van der Waals surface area contributed by atoms with Crippen molar-refractivity contribution in [2.45, 2.75) is 4.90 Å². The van der Waals surface area contributed by atoms with E-state index in [1.807, 2.05) is 0 Å². The molecule has 25 heavy (non-hydrogen) atoms. The summed E-state index contributed by atoms with van der Waals surface area (Å²) >= 11 is 17.6. The molecule has 2 aromatic carbocycles. The van der Waals surface area contributed by atoms with Gasteiger partial charge in [-0.15, -0.1) is 0 Å². The number of nitriles is 1. The van der Waals surface area contributed by atoms with Crippen molar-refractivity contribution in [3.8, 4) is 6.07 Å². The van der Waals surface area contributed by atoms with Gasteiger partial charge in [-0.1, -0.05) is 34.8 Å². The lowest BCUT2D eigenvalue weighted by atomic mass is 10.2. The first-order chi connectivity index (χ1) is 11.7. The Balaban J connectivity index is 2.66. The number of hydrogen-bond donors (Lipinski definition) is 0. The topological polar surface area (TPSA) is 101 Å². The van der Waals surface area contributed by atoms with Crippen molar-refractivity contribution in [3.63, 3.8) is 0 Å². The maximum absolute atomic E-state index is 12.7. The van der Waals surface area contributed by atoms with Crippen molar-refractivity contribution in [1.82, 2.24) is 0 Å². The van der Waals surface area contributed by atoms with Crippen LogP contribution in [0.25, 0.3) is 6.08 Å². The zero-order valence-electron chi connectivity index (χ0n) is 12.1. The number of sulfone groups is 1. The van der Waals surface area contributed by atoms with Crippen LogP contribution in [0.5, 0.6) is 0 Å². The number of non-ortho nitro benzene ring substituents is 1. The first-order valence-electron chi connectivity index (χ1n) is 6.42. The quantitative estimate of drug-likeness (QED) is 0.400. The van der Waals surface area contributed by atoms with Gasteiger partial charge in [-0.05, 0) is 30.3 Å². The van der Waals surface area contributed by atoms with Gasteiger partial charge in [0.25, 0.3) is 5.69 Å². The molecular formula is C15H7Cl3N2O4S. The number of hydrogen-bond acceptors (Lipinski definition) is 5. The minimum Gasteiger partial charge on any atom is -0.258 e.